The van der Waals surface area contributed by atoms with Crippen molar-refractivity contribution in [2.75, 3.05) is 28.4 Å². The Hall–Kier alpha value is -4.33. The molecule has 0 spiro atoms. The van der Waals surface area contributed by atoms with E-state index in [0.29, 0.717) is 0 Å². The van der Waals surface area contributed by atoms with Gasteiger partial charge in [0.2, 0.25) is 0 Å². The molecule has 2 aliphatic heterocycles. The van der Waals surface area contributed by atoms with Crippen LogP contribution in [-0.4, -0.2) is 34.2 Å². The number of methoxy groups -OCH3 is 4. The number of carbonyl (C=O) groups excluding carboxylic acids is 1. The van der Waals surface area contributed by atoms with Gasteiger partial charge in [0.25, 0.3) is 0 Å². The van der Waals surface area contributed by atoms with E-state index in [-0.39, 0.29) is 41.8 Å². The lowest BCUT2D eigenvalue weighted by Gasteiger charge is -2.52. The Balaban J connectivity index is 1.49. The van der Waals surface area contributed by atoms with Crippen molar-refractivity contribution >= 4 is 5.78 Å². The molecular formula is C35H36N2O5. The van der Waals surface area contributed by atoms with Crippen LogP contribution in [0.2, 0.25) is 0 Å². The van der Waals surface area contributed by atoms with Crippen molar-refractivity contribution in [2.45, 2.75) is 24.2 Å². The van der Waals surface area contributed by atoms with Gasteiger partial charge in [-0.15, -0.1) is 0 Å². The number of piperidine rings is 2. The van der Waals surface area contributed by atoms with Crippen molar-refractivity contribution in [2.24, 2.45) is 11.8 Å². The summed E-state index contributed by atoms with van der Waals surface area (Å²) in [5, 5.41) is 7.89. The zero-order chi connectivity index (χ0) is 29.2. The highest BCUT2D eigenvalue weighted by Crippen LogP contribution is 2.52. The summed E-state index contributed by atoms with van der Waals surface area (Å²) in [5.74, 6) is 2.64. The predicted octanol–water partition coefficient (Wildman–Crippen LogP) is 5.99. The Morgan fingerprint density at radius 2 is 0.619 bits per heavy atom. The second-order valence-electron chi connectivity index (χ2n) is 10.8. The standard InChI is InChI=1S/C35H36N2O5/c1-39-25-13-5-21(6-14-25)31-29-32(22-7-15-26(40-2)16-8-22)37-34(24-11-19-28(42-4)20-12-24)30(35(29)38)33(36-31)23-9-17-27(41-3)18-10-23/h5-20,29-34,36-37H,1-4H3. The SMILES string of the molecule is COc1ccc(C2NC(c3ccc(OC)cc3)C3C(=O)C2C(c2ccc(OC)cc2)NC3c2ccc(OC)cc2)cc1. The normalized spacial score (nSPS) is 25.0. The van der Waals surface area contributed by atoms with Gasteiger partial charge >= 0.3 is 0 Å². The van der Waals surface area contributed by atoms with E-state index < -0.39 is 0 Å². The molecule has 4 aromatic carbocycles. The van der Waals surface area contributed by atoms with Crippen molar-refractivity contribution in [3.8, 4) is 23.0 Å². The first-order valence-corrected chi connectivity index (χ1v) is 14.2. The molecule has 2 fully saturated rings. The summed E-state index contributed by atoms with van der Waals surface area (Å²) in [5.41, 5.74) is 4.15. The van der Waals surface area contributed by atoms with Crippen LogP contribution in [0.3, 0.4) is 0 Å². The van der Waals surface area contributed by atoms with Crippen LogP contribution in [0, 0.1) is 11.8 Å². The minimum absolute atomic E-state index is 0.232. The number of ketones is 1. The minimum atomic E-state index is -0.346. The summed E-state index contributed by atoms with van der Waals surface area (Å²) in [6, 6.07) is 31.1. The molecule has 216 valence electrons. The minimum Gasteiger partial charge on any atom is -0.497 e. The van der Waals surface area contributed by atoms with Gasteiger partial charge in [0.15, 0.2) is 0 Å². The number of rotatable bonds is 8. The van der Waals surface area contributed by atoms with Gasteiger partial charge < -0.3 is 29.6 Å². The zero-order valence-electron chi connectivity index (χ0n) is 24.2. The number of benzene rings is 4. The van der Waals surface area contributed by atoms with Crippen LogP contribution in [0.15, 0.2) is 97.1 Å². The van der Waals surface area contributed by atoms with Crippen molar-refractivity contribution in [1.29, 1.82) is 0 Å². The lowest BCUT2D eigenvalue weighted by atomic mass is 9.64. The molecule has 0 aromatic heterocycles. The molecule has 7 heteroatoms. The first-order chi connectivity index (χ1) is 20.5. The molecule has 2 saturated heterocycles. The van der Waals surface area contributed by atoms with E-state index in [9.17, 15) is 4.79 Å². The summed E-state index contributed by atoms with van der Waals surface area (Å²) in [6.45, 7) is 0. The molecular weight excluding hydrogens is 528 g/mol. The number of Topliss-reactive ketones (excluding diaryl/α,β-unsaturated/α-hetero) is 1. The third-order valence-corrected chi connectivity index (χ3v) is 8.71. The van der Waals surface area contributed by atoms with Gasteiger partial charge in [0, 0.05) is 24.2 Å². The maximum atomic E-state index is 14.9. The number of nitrogens with one attached hydrogen (secondary N) is 2. The number of hydrogen-bond donors (Lipinski definition) is 2. The first-order valence-electron chi connectivity index (χ1n) is 14.2. The van der Waals surface area contributed by atoms with Gasteiger partial charge in [0.1, 0.15) is 28.8 Å². The molecule has 2 aliphatic rings. The molecule has 0 saturated carbocycles. The fourth-order valence-corrected chi connectivity index (χ4v) is 6.52. The third-order valence-electron chi connectivity index (χ3n) is 8.71. The zero-order valence-corrected chi connectivity index (χ0v) is 24.2. The fraction of sp³-hybridized carbons (Fsp3) is 0.286. The maximum Gasteiger partial charge on any atom is 0.146 e. The molecule has 4 atom stereocenters. The number of carbonyl (C=O) groups is 1. The van der Waals surface area contributed by atoms with E-state index >= 15 is 0 Å². The average molecular weight is 565 g/mol. The molecule has 2 heterocycles. The summed E-state index contributed by atoms with van der Waals surface area (Å²) in [7, 11) is 6.63. The number of ether oxygens (including phenoxy) is 4. The van der Waals surface area contributed by atoms with Crippen LogP contribution in [0.5, 0.6) is 23.0 Å². The first kappa shape index (κ1) is 27.8. The van der Waals surface area contributed by atoms with Gasteiger partial charge in [-0.05, 0) is 70.8 Å². The van der Waals surface area contributed by atoms with Crippen molar-refractivity contribution in [3.63, 3.8) is 0 Å². The highest BCUT2D eigenvalue weighted by atomic mass is 16.5. The molecule has 4 aromatic rings. The molecule has 42 heavy (non-hydrogen) atoms. The van der Waals surface area contributed by atoms with Crippen LogP contribution in [0.1, 0.15) is 46.4 Å². The molecule has 0 amide bonds. The molecule has 2 bridgehead atoms. The fourth-order valence-electron chi connectivity index (χ4n) is 6.52. The smallest absolute Gasteiger partial charge is 0.146 e. The summed E-state index contributed by atoms with van der Waals surface area (Å²) >= 11 is 0. The predicted molar refractivity (Wildman–Crippen MR) is 161 cm³/mol. The Bertz CT molecular complexity index is 1280. The highest BCUT2D eigenvalue weighted by molar-refractivity contribution is 5.89. The quantitative estimate of drug-likeness (QED) is 0.272. The van der Waals surface area contributed by atoms with Gasteiger partial charge in [-0.25, -0.2) is 0 Å². The number of hydrogen-bond acceptors (Lipinski definition) is 7. The van der Waals surface area contributed by atoms with Gasteiger partial charge in [0.05, 0.1) is 40.3 Å². The lowest BCUT2D eigenvalue weighted by Crippen LogP contribution is -2.60. The summed E-state index contributed by atoms with van der Waals surface area (Å²) in [4.78, 5) is 14.9. The summed E-state index contributed by atoms with van der Waals surface area (Å²) in [6.07, 6.45) is 0. The van der Waals surface area contributed by atoms with E-state index in [1.807, 2.05) is 48.5 Å². The van der Waals surface area contributed by atoms with Crippen LogP contribution in [0.4, 0.5) is 0 Å². The van der Waals surface area contributed by atoms with Crippen molar-refractivity contribution in [1.82, 2.24) is 10.6 Å². The van der Waals surface area contributed by atoms with E-state index in [1.54, 1.807) is 28.4 Å². The van der Waals surface area contributed by atoms with E-state index in [4.69, 9.17) is 18.9 Å². The van der Waals surface area contributed by atoms with E-state index in [2.05, 4.69) is 59.2 Å². The molecule has 2 N–H and O–H groups in total. The van der Waals surface area contributed by atoms with Gasteiger partial charge in [-0.1, -0.05) is 48.5 Å². The molecule has 0 radical (unpaired) electrons. The average Bonchev–Trinajstić information content (AvgIpc) is 3.05. The monoisotopic (exact) mass is 564 g/mol. The van der Waals surface area contributed by atoms with Crippen molar-refractivity contribution < 1.29 is 23.7 Å². The Morgan fingerprint density at radius 3 is 0.810 bits per heavy atom. The largest absolute Gasteiger partial charge is 0.497 e. The second kappa shape index (κ2) is 11.9. The summed E-state index contributed by atoms with van der Waals surface area (Å²) < 4.78 is 21.7. The highest BCUT2D eigenvalue weighted by Gasteiger charge is 2.55. The molecule has 4 unspecified atom stereocenters. The Morgan fingerprint density at radius 1 is 0.405 bits per heavy atom. The maximum absolute atomic E-state index is 14.9. The molecule has 7 nitrogen and oxygen atoms in total. The van der Waals surface area contributed by atoms with Crippen LogP contribution < -0.4 is 29.6 Å². The van der Waals surface area contributed by atoms with Crippen LogP contribution in [0.25, 0.3) is 0 Å². The Labute approximate surface area is 246 Å². The third kappa shape index (κ3) is 5.10. The van der Waals surface area contributed by atoms with E-state index in [1.165, 1.54) is 0 Å². The van der Waals surface area contributed by atoms with Crippen LogP contribution in [-0.2, 0) is 4.79 Å². The molecule has 6 rings (SSSR count). The van der Waals surface area contributed by atoms with Gasteiger partial charge in [-0.2, -0.15) is 0 Å². The topological polar surface area (TPSA) is 78.1 Å². The Kier molecular flexibility index (Phi) is 7.87. The number of fused-ring (bicyclic) bond motifs is 2. The van der Waals surface area contributed by atoms with Gasteiger partial charge in [-0.3, -0.25) is 4.79 Å². The lowest BCUT2D eigenvalue weighted by molar-refractivity contribution is -0.139. The molecule has 0 aliphatic carbocycles. The van der Waals surface area contributed by atoms with Crippen molar-refractivity contribution in [3.05, 3.63) is 119 Å². The van der Waals surface area contributed by atoms with Crippen LogP contribution >= 0.6 is 0 Å². The second-order valence-corrected chi connectivity index (χ2v) is 10.8. The van der Waals surface area contributed by atoms with E-state index in [0.717, 1.165) is 45.3 Å².